The summed E-state index contributed by atoms with van der Waals surface area (Å²) in [6.45, 7) is 10.9. The summed E-state index contributed by atoms with van der Waals surface area (Å²) in [7, 11) is 0. The minimum atomic E-state index is -0.282. The van der Waals surface area contributed by atoms with Gasteiger partial charge in [0.25, 0.3) is 0 Å². The highest BCUT2D eigenvalue weighted by molar-refractivity contribution is 5.94. The average Bonchev–Trinajstić information content (AvgIpc) is 3.32. The molecule has 0 bridgehead atoms. The number of unbranched alkanes of at least 4 members (excludes halogenated alkanes) is 1. The van der Waals surface area contributed by atoms with Crippen molar-refractivity contribution in [3.05, 3.63) is 53.7 Å². The highest BCUT2D eigenvalue weighted by Crippen LogP contribution is 2.31. The molecule has 0 aliphatic carbocycles. The van der Waals surface area contributed by atoms with Crippen LogP contribution in [-0.4, -0.2) is 36.8 Å². The topological polar surface area (TPSA) is 51.7 Å². The first-order chi connectivity index (χ1) is 17.0. The number of esters is 1. The first kappa shape index (κ1) is 27.0. The molecule has 2 atom stereocenters. The van der Waals surface area contributed by atoms with Crippen LogP contribution in [-0.2, 0) is 11.2 Å². The molecule has 0 N–H and O–H groups in total. The number of benzene rings is 1. The van der Waals surface area contributed by atoms with E-state index in [0.717, 1.165) is 56.9 Å². The molecule has 35 heavy (non-hydrogen) atoms. The zero-order valence-electron chi connectivity index (χ0n) is 22.2. The molecule has 2 heterocycles. The van der Waals surface area contributed by atoms with Gasteiger partial charge in [0.2, 0.25) is 0 Å². The van der Waals surface area contributed by atoms with Gasteiger partial charge in [0.15, 0.2) is 0 Å². The number of carbonyl (C=O) groups is 1. The van der Waals surface area contributed by atoms with Gasteiger partial charge in [0, 0.05) is 19.3 Å². The van der Waals surface area contributed by atoms with E-state index in [1.165, 1.54) is 31.2 Å². The van der Waals surface area contributed by atoms with Gasteiger partial charge < -0.3 is 14.4 Å². The molecule has 1 aromatic carbocycles. The molecule has 5 heteroatoms. The fraction of sp³-hybridized carbons (Fsp3) is 0.600. The van der Waals surface area contributed by atoms with Crippen molar-refractivity contribution < 1.29 is 14.3 Å². The first-order valence-corrected chi connectivity index (χ1v) is 13.6. The van der Waals surface area contributed by atoms with Crippen molar-refractivity contribution in [2.45, 2.75) is 85.2 Å². The van der Waals surface area contributed by atoms with Crippen molar-refractivity contribution in [3.63, 3.8) is 0 Å². The van der Waals surface area contributed by atoms with Gasteiger partial charge in [0.05, 0.1) is 12.7 Å². The molecule has 5 nitrogen and oxygen atoms in total. The average molecular weight is 481 g/mol. The molecule has 1 aliphatic heterocycles. The van der Waals surface area contributed by atoms with Gasteiger partial charge in [-0.3, -0.25) is 0 Å². The van der Waals surface area contributed by atoms with E-state index in [9.17, 15) is 4.79 Å². The van der Waals surface area contributed by atoms with E-state index in [4.69, 9.17) is 9.47 Å². The lowest BCUT2D eigenvalue weighted by Gasteiger charge is -2.22. The summed E-state index contributed by atoms with van der Waals surface area (Å²) < 4.78 is 11.4. The van der Waals surface area contributed by atoms with Crippen LogP contribution in [0.4, 0.5) is 5.82 Å². The Labute approximate surface area is 212 Å². The van der Waals surface area contributed by atoms with E-state index < -0.39 is 0 Å². The summed E-state index contributed by atoms with van der Waals surface area (Å²) in [6.07, 6.45) is 11.1. The van der Waals surface area contributed by atoms with Crippen molar-refractivity contribution in [3.8, 4) is 5.75 Å². The third-order valence-electron chi connectivity index (χ3n) is 6.80. The SMILES string of the molecule is CCCCOc1cccc(CC(CCC)CCC2CCN(c3ncccc3C(=O)OC(C)C)C2)c1. The van der Waals surface area contributed by atoms with E-state index in [0.29, 0.717) is 17.4 Å². The molecule has 1 aromatic heterocycles. The third kappa shape index (κ3) is 8.55. The molecular weight excluding hydrogens is 436 g/mol. The summed E-state index contributed by atoms with van der Waals surface area (Å²) in [6, 6.07) is 12.3. The van der Waals surface area contributed by atoms with E-state index in [2.05, 4.69) is 48.0 Å². The quantitative estimate of drug-likeness (QED) is 0.213. The van der Waals surface area contributed by atoms with Crippen LogP contribution in [0.15, 0.2) is 42.6 Å². The predicted molar refractivity (Wildman–Crippen MR) is 143 cm³/mol. The lowest BCUT2D eigenvalue weighted by Crippen LogP contribution is -2.24. The third-order valence-corrected chi connectivity index (χ3v) is 6.80. The molecule has 2 unspecified atom stereocenters. The van der Waals surface area contributed by atoms with Crippen LogP contribution in [0.2, 0.25) is 0 Å². The Morgan fingerprint density at radius 1 is 1.14 bits per heavy atom. The fourth-order valence-corrected chi connectivity index (χ4v) is 5.00. The molecule has 1 fully saturated rings. The Bertz CT molecular complexity index is 914. The van der Waals surface area contributed by atoms with Gasteiger partial charge >= 0.3 is 5.97 Å². The minimum Gasteiger partial charge on any atom is -0.494 e. The molecule has 0 spiro atoms. The second kappa shape index (κ2) is 14.1. The molecule has 0 saturated carbocycles. The van der Waals surface area contributed by atoms with Gasteiger partial charge in [0.1, 0.15) is 17.1 Å². The summed E-state index contributed by atoms with van der Waals surface area (Å²) in [5, 5.41) is 0. The maximum absolute atomic E-state index is 12.6. The summed E-state index contributed by atoms with van der Waals surface area (Å²) in [5.41, 5.74) is 1.96. The van der Waals surface area contributed by atoms with Gasteiger partial charge in [-0.2, -0.15) is 0 Å². The van der Waals surface area contributed by atoms with Crippen molar-refractivity contribution in [2.24, 2.45) is 11.8 Å². The maximum atomic E-state index is 12.6. The van der Waals surface area contributed by atoms with Crippen LogP contribution in [0.25, 0.3) is 0 Å². The molecule has 1 saturated heterocycles. The van der Waals surface area contributed by atoms with Crippen molar-refractivity contribution in [1.82, 2.24) is 4.98 Å². The Morgan fingerprint density at radius 3 is 2.77 bits per heavy atom. The van der Waals surface area contributed by atoms with Crippen molar-refractivity contribution in [2.75, 3.05) is 24.6 Å². The first-order valence-electron chi connectivity index (χ1n) is 13.6. The largest absolute Gasteiger partial charge is 0.494 e. The number of pyridine rings is 1. The van der Waals surface area contributed by atoms with E-state index in [-0.39, 0.29) is 12.1 Å². The molecule has 0 amide bonds. The Balaban J connectivity index is 1.55. The van der Waals surface area contributed by atoms with Crippen LogP contribution in [0.3, 0.4) is 0 Å². The van der Waals surface area contributed by atoms with E-state index in [1.54, 1.807) is 6.20 Å². The van der Waals surface area contributed by atoms with Crippen molar-refractivity contribution in [1.29, 1.82) is 0 Å². The predicted octanol–water partition coefficient (Wildman–Crippen LogP) is 7.09. The highest BCUT2D eigenvalue weighted by Gasteiger charge is 2.28. The molecule has 2 aromatic rings. The lowest BCUT2D eigenvalue weighted by molar-refractivity contribution is 0.0378. The molecule has 3 rings (SSSR count). The number of hydrogen-bond acceptors (Lipinski definition) is 5. The summed E-state index contributed by atoms with van der Waals surface area (Å²) in [5.74, 6) is 2.81. The number of aromatic nitrogens is 1. The zero-order valence-corrected chi connectivity index (χ0v) is 22.2. The van der Waals surface area contributed by atoms with Gasteiger partial charge in [-0.1, -0.05) is 45.2 Å². The smallest absolute Gasteiger partial charge is 0.342 e. The number of hydrogen-bond donors (Lipinski definition) is 0. The lowest BCUT2D eigenvalue weighted by atomic mass is 9.87. The Kier molecular flexibility index (Phi) is 10.9. The van der Waals surface area contributed by atoms with E-state index in [1.807, 2.05) is 26.0 Å². The normalized spacial score (nSPS) is 16.5. The molecule has 192 valence electrons. The number of nitrogens with zero attached hydrogens (tertiary/aromatic N) is 2. The van der Waals surface area contributed by atoms with Crippen LogP contribution in [0.1, 0.15) is 88.6 Å². The number of rotatable bonds is 14. The number of ether oxygens (including phenoxy) is 2. The molecular formula is C30H44N2O3. The van der Waals surface area contributed by atoms with Gasteiger partial charge in [-0.25, -0.2) is 9.78 Å². The highest BCUT2D eigenvalue weighted by atomic mass is 16.5. The summed E-state index contributed by atoms with van der Waals surface area (Å²) in [4.78, 5) is 19.4. The Hall–Kier alpha value is -2.56. The Morgan fingerprint density at radius 2 is 2.00 bits per heavy atom. The number of anilines is 1. The molecule has 1 aliphatic rings. The second-order valence-electron chi connectivity index (χ2n) is 10.2. The van der Waals surface area contributed by atoms with Gasteiger partial charge in [-0.15, -0.1) is 0 Å². The van der Waals surface area contributed by atoms with Gasteiger partial charge in [-0.05, 0) is 87.6 Å². The van der Waals surface area contributed by atoms with Crippen LogP contribution in [0.5, 0.6) is 5.75 Å². The monoisotopic (exact) mass is 480 g/mol. The standard InChI is InChI=1S/C30H44N2O3/c1-5-7-19-34-27-12-8-11-26(21-27)20-24(10-6-2)14-15-25-16-18-32(22-25)29-28(13-9-17-31-29)30(33)35-23(3)4/h8-9,11-13,17,21,23-25H,5-7,10,14-16,18-20,22H2,1-4H3. The minimum absolute atomic E-state index is 0.138. The maximum Gasteiger partial charge on any atom is 0.342 e. The van der Waals surface area contributed by atoms with Crippen LogP contribution >= 0.6 is 0 Å². The van der Waals surface area contributed by atoms with Crippen molar-refractivity contribution >= 4 is 11.8 Å². The van der Waals surface area contributed by atoms with Crippen LogP contribution in [0, 0.1) is 11.8 Å². The number of carbonyl (C=O) groups excluding carboxylic acids is 1. The zero-order chi connectivity index (χ0) is 25.0. The van der Waals surface area contributed by atoms with E-state index >= 15 is 0 Å². The summed E-state index contributed by atoms with van der Waals surface area (Å²) >= 11 is 0. The fourth-order valence-electron chi connectivity index (χ4n) is 5.00. The second-order valence-corrected chi connectivity index (χ2v) is 10.2. The van der Waals surface area contributed by atoms with Crippen LogP contribution < -0.4 is 9.64 Å². The molecule has 0 radical (unpaired) electrons.